The molecule has 0 fully saturated rings. The quantitative estimate of drug-likeness (QED) is 0.621. The number of hydrogen-bond acceptors (Lipinski definition) is 0. The molecule has 0 aromatic carbocycles. The molecule has 0 rings (SSSR count). The molecule has 0 aliphatic carbocycles. The number of alkyl halides is 5. The van der Waals surface area contributed by atoms with Gasteiger partial charge in [0.2, 0.25) is 0 Å². The average molecular weight is 232 g/mol. The Bertz CT molecular complexity index is 224. The number of hydrogen-bond donors (Lipinski definition) is 0. The van der Waals surface area contributed by atoms with E-state index in [0.717, 1.165) is 13.8 Å². The molecule has 0 saturated heterocycles. The van der Waals surface area contributed by atoms with Crippen LogP contribution >= 0.6 is 0 Å². The Balaban J connectivity index is 5.38. The predicted octanol–water partition coefficient (Wildman–Crippen LogP) is 4.65. The fourth-order valence-corrected chi connectivity index (χ4v) is 1.25. The van der Waals surface area contributed by atoms with E-state index in [1.807, 2.05) is 0 Å². The van der Waals surface area contributed by atoms with E-state index in [1.165, 1.54) is 6.92 Å². The van der Waals surface area contributed by atoms with E-state index in [9.17, 15) is 22.0 Å². The molecule has 0 saturated carbocycles. The van der Waals surface area contributed by atoms with Crippen LogP contribution in [0.5, 0.6) is 0 Å². The minimum Gasteiger partial charge on any atom is -0.205 e. The second-order valence-electron chi connectivity index (χ2n) is 4.93. The van der Waals surface area contributed by atoms with E-state index in [0.29, 0.717) is 13.8 Å². The molecule has 0 unspecified atom stereocenters. The van der Waals surface area contributed by atoms with Gasteiger partial charge in [-0.1, -0.05) is 20.8 Å². The molecule has 0 atom stereocenters. The predicted molar refractivity (Wildman–Crippen MR) is 48.9 cm³/mol. The van der Waals surface area contributed by atoms with E-state index in [-0.39, 0.29) is 6.42 Å². The van der Waals surface area contributed by atoms with Gasteiger partial charge in [-0.15, -0.1) is 0 Å². The summed E-state index contributed by atoms with van der Waals surface area (Å²) in [5.74, 6) is -3.80. The highest BCUT2D eigenvalue weighted by molar-refractivity contribution is 4.99. The van der Waals surface area contributed by atoms with E-state index in [4.69, 9.17) is 0 Å². The van der Waals surface area contributed by atoms with E-state index < -0.39 is 22.9 Å². The van der Waals surface area contributed by atoms with Gasteiger partial charge in [-0.3, -0.25) is 0 Å². The van der Waals surface area contributed by atoms with Crippen LogP contribution in [0.15, 0.2) is 0 Å². The lowest BCUT2D eigenvalue weighted by Gasteiger charge is -2.44. The molecule has 0 spiro atoms. The summed E-state index contributed by atoms with van der Waals surface area (Å²) in [6.07, 6.45) is -4.93. The zero-order valence-corrected chi connectivity index (χ0v) is 9.60. The van der Waals surface area contributed by atoms with Gasteiger partial charge in [0, 0.05) is 5.41 Å². The number of rotatable bonds is 3. The van der Waals surface area contributed by atoms with Gasteiger partial charge < -0.3 is 0 Å². The Morgan fingerprint density at radius 3 is 1.33 bits per heavy atom. The van der Waals surface area contributed by atoms with Crippen LogP contribution in [0.3, 0.4) is 0 Å². The minimum atomic E-state index is -4.91. The second-order valence-corrected chi connectivity index (χ2v) is 4.93. The van der Waals surface area contributed by atoms with Crippen molar-refractivity contribution < 1.29 is 22.0 Å². The monoisotopic (exact) mass is 232 g/mol. The van der Waals surface area contributed by atoms with Crippen molar-refractivity contribution >= 4 is 0 Å². The molecule has 0 bridgehead atoms. The fraction of sp³-hybridized carbons (Fsp3) is 1.00. The summed E-state index contributed by atoms with van der Waals surface area (Å²) in [5, 5.41) is 0. The van der Waals surface area contributed by atoms with Gasteiger partial charge >= 0.3 is 6.18 Å². The molecule has 0 aromatic heterocycles. The summed E-state index contributed by atoms with van der Waals surface area (Å²) in [6, 6.07) is 0. The second kappa shape index (κ2) is 3.59. The highest BCUT2D eigenvalue weighted by Crippen LogP contribution is 2.56. The van der Waals surface area contributed by atoms with Gasteiger partial charge in [0.25, 0.3) is 5.92 Å². The topological polar surface area (TPSA) is 0 Å². The maximum atomic E-state index is 13.8. The maximum absolute atomic E-state index is 13.8. The van der Waals surface area contributed by atoms with E-state index in [1.54, 1.807) is 0 Å². The molecule has 0 heterocycles. The van der Waals surface area contributed by atoms with Crippen molar-refractivity contribution in [2.75, 3.05) is 0 Å². The van der Waals surface area contributed by atoms with Gasteiger partial charge in [0.05, 0.1) is 0 Å². The van der Waals surface area contributed by atoms with Gasteiger partial charge in [-0.25, -0.2) is 8.78 Å². The third-order valence-electron chi connectivity index (χ3n) is 3.23. The van der Waals surface area contributed by atoms with Crippen LogP contribution in [-0.4, -0.2) is 12.1 Å². The van der Waals surface area contributed by atoms with Crippen LogP contribution in [-0.2, 0) is 0 Å². The fourth-order valence-electron chi connectivity index (χ4n) is 1.25. The molecule has 5 heteroatoms. The molecule has 0 aliphatic rings. The molecular weight excluding hydrogens is 215 g/mol. The first-order valence-electron chi connectivity index (χ1n) is 4.76. The molecule has 0 amide bonds. The SMILES string of the molecule is CCC(C)(C)C(F)(F)C(C)(C)C(F)(F)F. The largest absolute Gasteiger partial charge is 0.399 e. The van der Waals surface area contributed by atoms with Crippen LogP contribution in [0, 0.1) is 10.8 Å². The van der Waals surface area contributed by atoms with Crippen LogP contribution < -0.4 is 0 Å². The Morgan fingerprint density at radius 2 is 1.13 bits per heavy atom. The zero-order chi connectivity index (χ0) is 12.7. The highest BCUT2D eigenvalue weighted by atomic mass is 19.4. The molecule has 0 aliphatic heterocycles. The summed E-state index contributed by atoms with van der Waals surface area (Å²) in [4.78, 5) is 0. The van der Waals surface area contributed by atoms with Gasteiger partial charge in [-0.05, 0) is 20.3 Å². The first-order chi connectivity index (χ1) is 6.31. The third-order valence-corrected chi connectivity index (χ3v) is 3.23. The number of halogens is 5. The van der Waals surface area contributed by atoms with Crippen LogP contribution in [0.1, 0.15) is 41.0 Å². The van der Waals surface area contributed by atoms with Crippen molar-refractivity contribution in [2.45, 2.75) is 53.1 Å². The lowest BCUT2D eigenvalue weighted by molar-refractivity contribution is -0.313. The van der Waals surface area contributed by atoms with E-state index >= 15 is 0 Å². The molecule has 15 heavy (non-hydrogen) atoms. The normalized spacial score (nSPS) is 15.6. The smallest absolute Gasteiger partial charge is 0.205 e. The molecule has 0 nitrogen and oxygen atoms in total. The summed E-state index contributed by atoms with van der Waals surface area (Å²) >= 11 is 0. The Morgan fingerprint density at radius 1 is 0.800 bits per heavy atom. The van der Waals surface area contributed by atoms with E-state index in [2.05, 4.69) is 0 Å². The Labute approximate surface area is 86.9 Å². The summed E-state index contributed by atoms with van der Waals surface area (Å²) in [5.41, 5.74) is -4.69. The zero-order valence-electron chi connectivity index (χ0n) is 9.60. The van der Waals surface area contributed by atoms with Crippen LogP contribution in [0.2, 0.25) is 0 Å². The van der Waals surface area contributed by atoms with Crippen molar-refractivity contribution in [1.82, 2.24) is 0 Å². The summed E-state index contributed by atoms with van der Waals surface area (Å²) in [6.45, 7) is 4.86. The average Bonchev–Trinajstić information content (AvgIpc) is 2.01. The third kappa shape index (κ3) is 2.11. The molecule has 0 radical (unpaired) electrons. The van der Waals surface area contributed by atoms with Crippen LogP contribution in [0.4, 0.5) is 22.0 Å². The molecule has 0 aromatic rings. The lowest BCUT2D eigenvalue weighted by Crippen LogP contribution is -2.55. The van der Waals surface area contributed by atoms with Crippen molar-refractivity contribution in [2.24, 2.45) is 10.8 Å². The van der Waals surface area contributed by atoms with Crippen molar-refractivity contribution in [3.63, 3.8) is 0 Å². The Hall–Kier alpha value is -0.350. The molecular formula is C10H17F5. The standard InChI is InChI=1S/C10H17F5/c1-6-7(2,3)9(11,12)8(4,5)10(13,14)15/h6H2,1-5H3. The maximum Gasteiger partial charge on any atom is 0.399 e. The molecule has 0 N–H and O–H groups in total. The minimum absolute atomic E-state index is 0.0144. The van der Waals surface area contributed by atoms with Gasteiger partial charge in [0.15, 0.2) is 0 Å². The molecule has 92 valence electrons. The van der Waals surface area contributed by atoms with Gasteiger partial charge in [-0.2, -0.15) is 13.2 Å². The van der Waals surface area contributed by atoms with Crippen molar-refractivity contribution in [1.29, 1.82) is 0 Å². The van der Waals surface area contributed by atoms with Crippen molar-refractivity contribution in [3.05, 3.63) is 0 Å². The van der Waals surface area contributed by atoms with Crippen molar-refractivity contribution in [3.8, 4) is 0 Å². The first kappa shape index (κ1) is 14.6. The Kier molecular flexibility index (Phi) is 3.51. The van der Waals surface area contributed by atoms with Gasteiger partial charge in [0.1, 0.15) is 5.41 Å². The highest BCUT2D eigenvalue weighted by Gasteiger charge is 2.67. The van der Waals surface area contributed by atoms with Crippen LogP contribution in [0.25, 0.3) is 0 Å². The summed E-state index contributed by atoms with van der Waals surface area (Å²) < 4.78 is 65.1. The first-order valence-corrected chi connectivity index (χ1v) is 4.76. The summed E-state index contributed by atoms with van der Waals surface area (Å²) in [7, 11) is 0. The lowest BCUT2D eigenvalue weighted by atomic mass is 9.69.